The average Bonchev–Trinajstić information content (AvgIpc) is 2.20. The van der Waals surface area contributed by atoms with Crippen LogP contribution in [0.5, 0.6) is 0 Å². The lowest BCUT2D eigenvalue weighted by Crippen LogP contribution is -1.88. The van der Waals surface area contributed by atoms with E-state index in [4.69, 9.17) is 5.11 Å². The SMILES string of the molecule is COC(C)=O.OCc1ccccc1. The van der Waals surface area contributed by atoms with Crippen molar-refractivity contribution in [3.8, 4) is 0 Å². The third-order valence-corrected chi connectivity index (χ3v) is 1.31. The second-order valence-electron chi connectivity index (χ2n) is 2.34. The number of aliphatic hydroxyl groups excluding tert-OH is 1. The first-order valence-electron chi connectivity index (χ1n) is 3.90. The Bertz CT molecular complexity index is 231. The molecule has 1 aromatic carbocycles. The second-order valence-corrected chi connectivity index (χ2v) is 2.34. The van der Waals surface area contributed by atoms with E-state index >= 15 is 0 Å². The Hall–Kier alpha value is -1.35. The zero-order chi connectivity index (χ0) is 10.1. The van der Waals surface area contributed by atoms with Gasteiger partial charge in [0.1, 0.15) is 0 Å². The van der Waals surface area contributed by atoms with Crippen LogP contribution in [0.2, 0.25) is 0 Å². The quantitative estimate of drug-likeness (QED) is 0.667. The maximum Gasteiger partial charge on any atom is 0.302 e. The largest absolute Gasteiger partial charge is 0.469 e. The number of aliphatic hydroxyl groups is 1. The Kier molecular flexibility index (Phi) is 6.55. The summed E-state index contributed by atoms with van der Waals surface area (Å²) in [6, 6.07) is 9.52. The molecule has 3 heteroatoms. The lowest BCUT2D eigenvalue weighted by Gasteiger charge is -1.89. The van der Waals surface area contributed by atoms with Crippen LogP contribution in [0.4, 0.5) is 0 Å². The van der Waals surface area contributed by atoms with Gasteiger partial charge in [-0.1, -0.05) is 30.3 Å². The summed E-state index contributed by atoms with van der Waals surface area (Å²) in [6.07, 6.45) is 0. The minimum Gasteiger partial charge on any atom is -0.469 e. The standard InChI is InChI=1S/C7H8O.C3H6O2/c8-6-7-4-2-1-3-5-7;1-3(4)5-2/h1-5,8H,6H2;1-2H3. The van der Waals surface area contributed by atoms with Gasteiger partial charge in [0.15, 0.2) is 0 Å². The highest BCUT2D eigenvalue weighted by atomic mass is 16.5. The van der Waals surface area contributed by atoms with Gasteiger partial charge >= 0.3 is 5.97 Å². The number of hydrogen-bond acceptors (Lipinski definition) is 3. The molecule has 0 atom stereocenters. The van der Waals surface area contributed by atoms with Crippen LogP contribution in [-0.2, 0) is 16.1 Å². The fourth-order valence-corrected chi connectivity index (χ4v) is 0.583. The van der Waals surface area contributed by atoms with Gasteiger partial charge < -0.3 is 9.84 Å². The predicted octanol–water partition coefficient (Wildman–Crippen LogP) is 1.36. The topological polar surface area (TPSA) is 46.5 Å². The molecule has 0 bridgehead atoms. The highest BCUT2D eigenvalue weighted by Gasteiger charge is 1.81. The van der Waals surface area contributed by atoms with Crippen LogP contribution in [0.15, 0.2) is 30.3 Å². The average molecular weight is 182 g/mol. The zero-order valence-electron chi connectivity index (χ0n) is 7.86. The van der Waals surface area contributed by atoms with Gasteiger partial charge in [-0.15, -0.1) is 0 Å². The van der Waals surface area contributed by atoms with Gasteiger partial charge in [0.2, 0.25) is 0 Å². The number of ether oxygens (including phenoxy) is 1. The van der Waals surface area contributed by atoms with E-state index in [1.807, 2.05) is 30.3 Å². The van der Waals surface area contributed by atoms with E-state index < -0.39 is 0 Å². The molecule has 13 heavy (non-hydrogen) atoms. The van der Waals surface area contributed by atoms with Gasteiger partial charge in [-0.05, 0) is 5.56 Å². The molecule has 0 saturated carbocycles. The van der Waals surface area contributed by atoms with Crippen molar-refractivity contribution < 1.29 is 14.6 Å². The molecule has 0 fully saturated rings. The van der Waals surface area contributed by atoms with Crippen molar-refractivity contribution in [2.45, 2.75) is 13.5 Å². The zero-order valence-corrected chi connectivity index (χ0v) is 7.86. The fraction of sp³-hybridized carbons (Fsp3) is 0.300. The van der Waals surface area contributed by atoms with E-state index in [0.29, 0.717) is 0 Å². The van der Waals surface area contributed by atoms with E-state index in [1.54, 1.807) is 0 Å². The van der Waals surface area contributed by atoms with Crippen molar-refractivity contribution in [1.82, 2.24) is 0 Å². The molecule has 1 N–H and O–H groups in total. The second kappa shape index (κ2) is 7.31. The summed E-state index contributed by atoms with van der Waals surface area (Å²) in [5.41, 5.74) is 0.965. The Morgan fingerprint density at radius 3 is 2.08 bits per heavy atom. The molecule has 0 unspecified atom stereocenters. The third kappa shape index (κ3) is 7.03. The molecule has 1 rings (SSSR count). The van der Waals surface area contributed by atoms with Gasteiger partial charge in [0.05, 0.1) is 13.7 Å². The fourth-order valence-electron chi connectivity index (χ4n) is 0.583. The molecule has 0 amide bonds. The normalized spacial score (nSPS) is 8.23. The number of carbonyl (C=O) groups is 1. The summed E-state index contributed by atoms with van der Waals surface area (Å²) in [7, 11) is 1.35. The van der Waals surface area contributed by atoms with E-state index in [9.17, 15) is 4.79 Å². The number of benzene rings is 1. The van der Waals surface area contributed by atoms with Gasteiger partial charge in [-0.25, -0.2) is 0 Å². The summed E-state index contributed by atoms with van der Waals surface area (Å²) in [6.45, 7) is 1.50. The van der Waals surface area contributed by atoms with Crippen LogP contribution in [0.3, 0.4) is 0 Å². The monoisotopic (exact) mass is 182 g/mol. The minimum absolute atomic E-state index is 0.140. The lowest BCUT2D eigenvalue weighted by atomic mass is 10.2. The van der Waals surface area contributed by atoms with E-state index in [-0.39, 0.29) is 12.6 Å². The van der Waals surface area contributed by atoms with E-state index in [1.165, 1.54) is 14.0 Å². The number of hydrogen-bond donors (Lipinski definition) is 1. The Balaban J connectivity index is 0.000000252. The lowest BCUT2D eigenvalue weighted by molar-refractivity contribution is -0.137. The molecule has 0 aliphatic carbocycles. The summed E-state index contributed by atoms with van der Waals surface area (Å²) in [5.74, 6) is -0.245. The van der Waals surface area contributed by atoms with E-state index in [0.717, 1.165) is 5.56 Å². The highest BCUT2D eigenvalue weighted by molar-refractivity contribution is 5.65. The predicted molar refractivity (Wildman–Crippen MR) is 50.1 cm³/mol. The first-order chi connectivity index (χ1) is 6.20. The molecule has 0 aliphatic heterocycles. The maximum atomic E-state index is 9.59. The molecule has 1 aromatic rings. The molecule has 0 radical (unpaired) electrons. The minimum atomic E-state index is -0.245. The van der Waals surface area contributed by atoms with Crippen molar-refractivity contribution in [1.29, 1.82) is 0 Å². The van der Waals surface area contributed by atoms with Crippen LogP contribution in [0.25, 0.3) is 0 Å². The molecule has 72 valence electrons. The van der Waals surface area contributed by atoms with Crippen LogP contribution < -0.4 is 0 Å². The molecular weight excluding hydrogens is 168 g/mol. The molecule has 0 aromatic heterocycles. The number of methoxy groups -OCH3 is 1. The van der Waals surface area contributed by atoms with Gasteiger partial charge in [0.25, 0.3) is 0 Å². The maximum absolute atomic E-state index is 9.59. The number of esters is 1. The molecule has 3 nitrogen and oxygen atoms in total. The van der Waals surface area contributed by atoms with Crippen LogP contribution in [0, 0.1) is 0 Å². The number of carbonyl (C=O) groups excluding carboxylic acids is 1. The van der Waals surface area contributed by atoms with Crippen LogP contribution >= 0.6 is 0 Å². The third-order valence-electron chi connectivity index (χ3n) is 1.31. The molecule has 0 saturated heterocycles. The number of rotatable bonds is 1. The molecule has 0 heterocycles. The first-order valence-corrected chi connectivity index (χ1v) is 3.90. The summed E-state index contributed by atoms with van der Waals surface area (Å²) in [4.78, 5) is 9.59. The van der Waals surface area contributed by atoms with E-state index in [2.05, 4.69) is 4.74 Å². The van der Waals surface area contributed by atoms with Gasteiger partial charge in [0, 0.05) is 6.92 Å². The Morgan fingerprint density at radius 1 is 1.38 bits per heavy atom. The van der Waals surface area contributed by atoms with Gasteiger partial charge in [-0.2, -0.15) is 0 Å². The summed E-state index contributed by atoms with van der Waals surface area (Å²) < 4.78 is 4.11. The van der Waals surface area contributed by atoms with Crippen molar-refractivity contribution >= 4 is 5.97 Å². The van der Waals surface area contributed by atoms with Crippen molar-refractivity contribution in [3.05, 3.63) is 35.9 Å². The highest BCUT2D eigenvalue weighted by Crippen LogP contribution is 1.95. The van der Waals surface area contributed by atoms with Crippen LogP contribution in [0.1, 0.15) is 12.5 Å². The van der Waals surface area contributed by atoms with Crippen molar-refractivity contribution in [2.75, 3.05) is 7.11 Å². The summed E-state index contributed by atoms with van der Waals surface area (Å²) in [5, 5.41) is 8.54. The molecule has 0 aliphatic rings. The molecular formula is C10H14O3. The Morgan fingerprint density at radius 2 is 1.85 bits per heavy atom. The smallest absolute Gasteiger partial charge is 0.302 e. The van der Waals surface area contributed by atoms with Crippen LogP contribution in [-0.4, -0.2) is 18.2 Å². The van der Waals surface area contributed by atoms with Crippen molar-refractivity contribution in [2.24, 2.45) is 0 Å². The Labute approximate surface area is 78.0 Å². The first kappa shape index (κ1) is 11.6. The van der Waals surface area contributed by atoms with Gasteiger partial charge in [-0.3, -0.25) is 4.79 Å². The summed E-state index contributed by atoms with van der Waals surface area (Å²) >= 11 is 0. The molecule has 0 spiro atoms. The van der Waals surface area contributed by atoms with Crippen molar-refractivity contribution in [3.63, 3.8) is 0 Å².